The first-order valence-corrected chi connectivity index (χ1v) is 11.8. The van der Waals surface area contributed by atoms with E-state index in [2.05, 4.69) is 4.72 Å². The molecule has 1 heterocycles. The number of rotatable bonds is 8. The van der Waals surface area contributed by atoms with E-state index in [4.69, 9.17) is 16.3 Å². The van der Waals surface area contributed by atoms with Crippen LogP contribution in [0, 0.1) is 0 Å². The number of benzene rings is 2. The number of nitrogens with zero attached hydrogens (tertiary/aromatic N) is 1. The van der Waals surface area contributed by atoms with Gasteiger partial charge in [0.15, 0.2) is 0 Å². The van der Waals surface area contributed by atoms with Crippen LogP contribution in [0.5, 0.6) is 5.75 Å². The smallest absolute Gasteiger partial charge is 0.262 e. The lowest BCUT2D eigenvalue weighted by molar-refractivity contribution is 0.0754. The lowest BCUT2D eigenvalue weighted by atomic mass is 10.2. The van der Waals surface area contributed by atoms with Crippen molar-refractivity contribution in [3.8, 4) is 5.75 Å². The van der Waals surface area contributed by atoms with Gasteiger partial charge in [0, 0.05) is 17.0 Å². The van der Waals surface area contributed by atoms with Crippen molar-refractivity contribution >= 4 is 44.6 Å². The van der Waals surface area contributed by atoms with Crippen molar-refractivity contribution in [3.63, 3.8) is 0 Å². The molecule has 6 nitrogen and oxygen atoms in total. The molecule has 1 amide bonds. The molecule has 0 spiro atoms. The minimum absolute atomic E-state index is 0.00511. The Hall–Kier alpha value is -2.55. The average Bonchev–Trinajstić information content (AvgIpc) is 3.16. The molecule has 9 heteroatoms. The molecule has 0 fully saturated rings. The standard InChI is InChI=1S/C21H21ClN2O4S2/c1-3-24(14-16-11-12-20(22)29-16)21(25)15-7-6-8-17(13-15)30(26,27)23-18-9-4-5-10-19(18)28-2/h4-13,23H,3,14H2,1-2H3. The summed E-state index contributed by atoms with van der Waals surface area (Å²) in [5.74, 6) is 0.149. The van der Waals surface area contributed by atoms with E-state index in [-0.39, 0.29) is 10.8 Å². The molecule has 1 N–H and O–H groups in total. The first-order chi connectivity index (χ1) is 14.3. The maximum atomic E-state index is 13.0. The van der Waals surface area contributed by atoms with Crippen LogP contribution >= 0.6 is 22.9 Å². The Labute approximate surface area is 185 Å². The van der Waals surface area contributed by atoms with Crippen LogP contribution in [0.1, 0.15) is 22.2 Å². The zero-order valence-corrected chi connectivity index (χ0v) is 18.9. The van der Waals surface area contributed by atoms with Gasteiger partial charge in [0.1, 0.15) is 5.75 Å². The number of anilines is 1. The minimum atomic E-state index is -3.91. The molecular formula is C21H21ClN2O4S2. The predicted octanol–water partition coefficient (Wildman–Crippen LogP) is 4.87. The van der Waals surface area contributed by atoms with Gasteiger partial charge in [-0.05, 0) is 49.4 Å². The Morgan fingerprint density at radius 2 is 1.90 bits per heavy atom. The maximum Gasteiger partial charge on any atom is 0.262 e. The van der Waals surface area contributed by atoms with Crippen molar-refractivity contribution in [2.24, 2.45) is 0 Å². The van der Waals surface area contributed by atoms with E-state index in [9.17, 15) is 13.2 Å². The fraction of sp³-hybridized carbons (Fsp3) is 0.190. The van der Waals surface area contributed by atoms with Crippen LogP contribution in [0.3, 0.4) is 0 Å². The molecule has 3 aromatic rings. The highest BCUT2D eigenvalue weighted by Crippen LogP contribution is 2.27. The van der Waals surface area contributed by atoms with E-state index in [0.29, 0.717) is 34.4 Å². The Kier molecular flexibility index (Phi) is 7.02. The van der Waals surface area contributed by atoms with Gasteiger partial charge < -0.3 is 9.64 Å². The zero-order valence-electron chi connectivity index (χ0n) is 16.5. The van der Waals surface area contributed by atoms with Gasteiger partial charge in [0.2, 0.25) is 0 Å². The highest BCUT2D eigenvalue weighted by atomic mass is 35.5. The second-order valence-electron chi connectivity index (χ2n) is 6.36. The maximum absolute atomic E-state index is 13.0. The molecule has 0 saturated carbocycles. The van der Waals surface area contributed by atoms with Gasteiger partial charge in [-0.1, -0.05) is 29.8 Å². The predicted molar refractivity (Wildman–Crippen MR) is 120 cm³/mol. The summed E-state index contributed by atoms with van der Waals surface area (Å²) < 4.78 is 34.1. The molecule has 2 aromatic carbocycles. The highest BCUT2D eigenvalue weighted by molar-refractivity contribution is 7.92. The van der Waals surface area contributed by atoms with E-state index in [1.165, 1.54) is 30.6 Å². The first-order valence-electron chi connectivity index (χ1n) is 9.13. The fourth-order valence-corrected chi connectivity index (χ4v) is 5.08. The summed E-state index contributed by atoms with van der Waals surface area (Å²) in [6, 6.07) is 16.4. The number of para-hydroxylation sites is 2. The van der Waals surface area contributed by atoms with Gasteiger partial charge in [0.25, 0.3) is 15.9 Å². The summed E-state index contributed by atoms with van der Waals surface area (Å²) in [5.41, 5.74) is 0.615. The third-order valence-electron chi connectivity index (χ3n) is 4.39. The van der Waals surface area contributed by atoms with Crippen LogP contribution in [-0.2, 0) is 16.6 Å². The monoisotopic (exact) mass is 464 g/mol. The quantitative estimate of drug-likeness (QED) is 0.515. The Balaban J connectivity index is 1.84. The Bertz CT molecular complexity index is 1150. The average molecular weight is 465 g/mol. The van der Waals surface area contributed by atoms with Crippen molar-refractivity contribution in [1.29, 1.82) is 0 Å². The van der Waals surface area contributed by atoms with E-state index in [1.807, 2.05) is 13.0 Å². The molecule has 0 radical (unpaired) electrons. The number of amides is 1. The molecule has 158 valence electrons. The lowest BCUT2D eigenvalue weighted by Gasteiger charge is -2.20. The number of nitrogens with one attached hydrogen (secondary N) is 1. The second kappa shape index (κ2) is 9.51. The van der Waals surface area contributed by atoms with Gasteiger partial charge in [0.05, 0.1) is 28.6 Å². The van der Waals surface area contributed by atoms with E-state index in [0.717, 1.165) is 4.88 Å². The molecule has 0 unspecified atom stereocenters. The van der Waals surface area contributed by atoms with E-state index >= 15 is 0 Å². The minimum Gasteiger partial charge on any atom is -0.495 e. The Morgan fingerprint density at radius 1 is 1.13 bits per heavy atom. The highest BCUT2D eigenvalue weighted by Gasteiger charge is 2.20. The van der Waals surface area contributed by atoms with Crippen LogP contribution in [0.25, 0.3) is 0 Å². The molecule has 1 aromatic heterocycles. The number of carbonyl (C=O) groups is 1. The molecule has 0 bridgehead atoms. The summed E-state index contributed by atoms with van der Waals surface area (Å²) in [4.78, 5) is 15.6. The topological polar surface area (TPSA) is 75.7 Å². The van der Waals surface area contributed by atoms with Crippen LogP contribution in [0.15, 0.2) is 65.6 Å². The van der Waals surface area contributed by atoms with Gasteiger partial charge in [-0.2, -0.15) is 0 Å². The van der Waals surface area contributed by atoms with Crippen molar-refractivity contribution in [2.45, 2.75) is 18.4 Å². The Morgan fingerprint density at radius 3 is 2.57 bits per heavy atom. The van der Waals surface area contributed by atoms with Gasteiger partial charge >= 0.3 is 0 Å². The number of thiophene rings is 1. The molecule has 0 aliphatic heterocycles. The van der Waals surface area contributed by atoms with E-state index < -0.39 is 10.0 Å². The summed E-state index contributed by atoms with van der Waals surface area (Å²) in [6.07, 6.45) is 0. The van der Waals surface area contributed by atoms with Crippen LogP contribution in [0.4, 0.5) is 5.69 Å². The number of sulfonamides is 1. The van der Waals surface area contributed by atoms with Crippen molar-refractivity contribution in [2.75, 3.05) is 18.4 Å². The fourth-order valence-electron chi connectivity index (χ4n) is 2.86. The van der Waals surface area contributed by atoms with Crippen LogP contribution < -0.4 is 9.46 Å². The number of carbonyl (C=O) groups excluding carboxylic acids is 1. The van der Waals surface area contributed by atoms with Gasteiger partial charge in [-0.3, -0.25) is 9.52 Å². The number of halogens is 1. The first kappa shape index (κ1) is 22.1. The van der Waals surface area contributed by atoms with Crippen molar-refractivity contribution < 1.29 is 17.9 Å². The molecule has 0 aliphatic carbocycles. The van der Waals surface area contributed by atoms with Crippen LogP contribution in [0.2, 0.25) is 4.34 Å². The van der Waals surface area contributed by atoms with E-state index in [1.54, 1.807) is 47.4 Å². The molecule has 3 rings (SSSR count). The number of methoxy groups -OCH3 is 1. The largest absolute Gasteiger partial charge is 0.495 e. The molecule has 30 heavy (non-hydrogen) atoms. The summed E-state index contributed by atoms with van der Waals surface area (Å²) in [6.45, 7) is 2.75. The molecule has 0 aliphatic rings. The third-order valence-corrected chi connectivity index (χ3v) is 6.97. The molecular weight excluding hydrogens is 444 g/mol. The lowest BCUT2D eigenvalue weighted by Crippen LogP contribution is -2.30. The number of hydrogen-bond donors (Lipinski definition) is 1. The van der Waals surface area contributed by atoms with Gasteiger partial charge in [-0.25, -0.2) is 8.42 Å². The number of hydrogen-bond acceptors (Lipinski definition) is 5. The second-order valence-corrected chi connectivity index (χ2v) is 9.84. The van der Waals surface area contributed by atoms with Crippen molar-refractivity contribution in [3.05, 3.63) is 75.4 Å². The van der Waals surface area contributed by atoms with Gasteiger partial charge in [-0.15, -0.1) is 11.3 Å². The number of ether oxygens (including phenoxy) is 1. The third kappa shape index (κ3) is 5.13. The summed E-state index contributed by atoms with van der Waals surface area (Å²) in [7, 11) is -2.44. The zero-order chi connectivity index (χ0) is 21.7. The molecule has 0 saturated heterocycles. The van der Waals surface area contributed by atoms with Crippen LogP contribution in [-0.4, -0.2) is 32.9 Å². The van der Waals surface area contributed by atoms with Crippen molar-refractivity contribution in [1.82, 2.24) is 4.90 Å². The molecule has 0 atom stereocenters. The summed E-state index contributed by atoms with van der Waals surface area (Å²) >= 11 is 7.39. The SMILES string of the molecule is CCN(Cc1ccc(Cl)s1)C(=O)c1cccc(S(=O)(=O)Nc2ccccc2OC)c1. The summed E-state index contributed by atoms with van der Waals surface area (Å²) in [5, 5.41) is 0. The normalized spacial score (nSPS) is 11.2.